The van der Waals surface area contributed by atoms with Crippen molar-refractivity contribution in [1.29, 1.82) is 0 Å². The number of amides is 1. The first-order chi connectivity index (χ1) is 10.2. The summed E-state index contributed by atoms with van der Waals surface area (Å²) in [5.74, 6) is -0.589. The number of ether oxygens (including phenoxy) is 1. The molecule has 0 aliphatic carbocycles. The number of halogens is 1. The lowest BCUT2D eigenvalue weighted by atomic mass is 10.1. The van der Waals surface area contributed by atoms with Gasteiger partial charge in [-0.3, -0.25) is 4.79 Å². The van der Waals surface area contributed by atoms with Crippen LogP contribution < -0.4 is 4.90 Å². The van der Waals surface area contributed by atoms with Gasteiger partial charge in [-0.05, 0) is 23.6 Å². The second-order valence-electron chi connectivity index (χ2n) is 5.01. The molecule has 3 rings (SSSR count). The Balaban J connectivity index is 1.94. The Morgan fingerprint density at radius 1 is 1.19 bits per heavy atom. The topological polar surface area (TPSA) is 29.5 Å². The van der Waals surface area contributed by atoms with Gasteiger partial charge in [0.25, 0.3) is 5.91 Å². The first-order valence-corrected chi connectivity index (χ1v) is 6.89. The molecule has 108 valence electrons. The molecule has 3 nitrogen and oxygen atoms in total. The van der Waals surface area contributed by atoms with E-state index in [1.165, 1.54) is 18.1 Å². The van der Waals surface area contributed by atoms with Gasteiger partial charge in [0.2, 0.25) is 0 Å². The third-order valence-electron chi connectivity index (χ3n) is 3.77. The highest BCUT2D eigenvalue weighted by Crippen LogP contribution is 2.33. The number of hydrogen-bond donors (Lipinski definition) is 0. The van der Waals surface area contributed by atoms with Crippen molar-refractivity contribution >= 4 is 11.6 Å². The van der Waals surface area contributed by atoms with Crippen molar-refractivity contribution in [3.8, 4) is 0 Å². The van der Waals surface area contributed by atoms with Crippen molar-refractivity contribution in [3.05, 3.63) is 65.5 Å². The highest BCUT2D eigenvalue weighted by atomic mass is 19.1. The number of rotatable bonds is 3. The minimum absolute atomic E-state index is 0.229. The monoisotopic (exact) mass is 285 g/mol. The van der Waals surface area contributed by atoms with Crippen LogP contribution in [0.2, 0.25) is 0 Å². The number of nitrogens with zero attached hydrogens (tertiary/aromatic N) is 1. The number of fused-ring (bicyclic) bond motifs is 1. The predicted octanol–water partition coefficient (Wildman–Crippen LogP) is 3.10. The van der Waals surface area contributed by atoms with E-state index in [0.29, 0.717) is 18.7 Å². The molecular weight excluding hydrogens is 269 g/mol. The van der Waals surface area contributed by atoms with Crippen LogP contribution in [0.4, 0.5) is 10.1 Å². The molecule has 1 aliphatic heterocycles. The van der Waals surface area contributed by atoms with Gasteiger partial charge in [0.1, 0.15) is 5.82 Å². The summed E-state index contributed by atoms with van der Waals surface area (Å²) in [5, 5.41) is 0. The van der Waals surface area contributed by atoms with Crippen molar-refractivity contribution in [3.63, 3.8) is 0 Å². The largest absolute Gasteiger partial charge is 0.367 e. The molecule has 1 heterocycles. The summed E-state index contributed by atoms with van der Waals surface area (Å²) in [5.41, 5.74) is 2.03. The highest BCUT2D eigenvalue weighted by molar-refractivity contribution is 5.99. The molecule has 0 saturated heterocycles. The van der Waals surface area contributed by atoms with Gasteiger partial charge in [0.05, 0.1) is 5.69 Å². The molecule has 0 unspecified atom stereocenters. The summed E-state index contributed by atoms with van der Waals surface area (Å²) in [6.45, 7) is 0.488. The SMILES string of the molecule is CO[C@@H](C(=O)N1CCc2cccc(F)c21)c1ccccc1. The smallest absolute Gasteiger partial charge is 0.260 e. The van der Waals surface area contributed by atoms with E-state index < -0.39 is 6.10 Å². The van der Waals surface area contributed by atoms with E-state index in [1.807, 2.05) is 36.4 Å². The van der Waals surface area contributed by atoms with Crippen molar-refractivity contribution in [2.24, 2.45) is 0 Å². The second kappa shape index (κ2) is 5.66. The zero-order chi connectivity index (χ0) is 14.8. The number of benzene rings is 2. The molecule has 0 radical (unpaired) electrons. The van der Waals surface area contributed by atoms with Crippen LogP contribution in [0.1, 0.15) is 17.2 Å². The third kappa shape index (κ3) is 2.43. The zero-order valence-electron chi connectivity index (χ0n) is 11.8. The lowest BCUT2D eigenvalue weighted by molar-refractivity contribution is -0.128. The van der Waals surface area contributed by atoms with Crippen LogP contribution in [0.5, 0.6) is 0 Å². The number of hydrogen-bond acceptors (Lipinski definition) is 2. The Bertz CT molecular complexity index is 657. The minimum Gasteiger partial charge on any atom is -0.367 e. The lowest BCUT2D eigenvalue weighted by Gasteiger charge is -2.23. The summed E-state index contributed by atoms with van der Waals surface area (Å²) in [4.78, 5) is 14.2. The zero-order valence-corrected chi connectivity index (χ0v) is 11.8. The number of methoxy groups -OCH3 is 1. The fourth-order valence-electron chi connectivity index (χ4n) is 2.78. The quantitative estimate of drug-likeness (QED) is 0.867. The van der Waals surface area contributed by atoms with Crippen molar-refractivity contribution in [1.82, 2.24) is 0 Å². The molecule has 2 aromatic rings. The summed E-state index contributed by atoms with van der Waals surface area (Å²) in [6, 6.07) is 14.2. The van der Waals surface area contributed by atoms with Gasteiger partial charge in [-0.15, -0.1) is 0 Å². The van der Waals surface area contributed by atoms with Crippen molar-refractivity contribution in [2.75, 3.05) is 18.6 Å². The number of para-hydroxylation sites is 1. The second-order valence-corrected chi connectivity index (χ2v) is 5.01. The lowest BCUT2D eigenvalue weighted by Crippen LogP contribution is -2.35. The normalized spacial score (nSPS) is 14.9. The molecule has 0 N–H and O–H groups in total. The van der Waals surface area contributed by atoms with Crippen molar-refractivity contribution in [2.45, 2.75) is 12.5 Å². The van der Waals surface area contributed by atoms with Gasteiger partial charge < -0.3 is 9.64 Å². The molecule has 0 spiro atoms. The summed E-state index contributed by atoms with van der Waals surface area (Å²) in [7, 11) is 1.49. The van der Waals surface area contributed by atoms with Crippen LogP contribution in [-0.4, -0.2) is 19.6 Å². The summed E-state index contributed by atoms with van der Waals surface area (Å²) in [6.07, 6.45) is -0.0406. The average Bonchev–Trinajstić information content (AvgIpc) is 2.94. The fraction of sp³-hybridized carbons (Fsp3) is 0.235. The standard InChI is InChI=1S/C17H16FNO2/c1-21-16(13-6-3-2-4-7-13)17(20)19-11-10-12-8-5-9-14(18)15(12)19/h2-9,16H,10-11H2,1H3/t16-/m1/s1. The van der Waals surface area contributed by atoms with E-state index in [4.69, 9.17) is 4.74 Å². The van der Waals surface area contributed by atoms with E-state index in [0.717, 1.165) is 11.1 Å². The first-order valence-electron chi connectivity index (χ1n) is 6.89. The number of carbonyl (C=O) groups is 1. The Morgan fingerprint density at radius 3 is 2.67 bits per heavy atom. The Kier molecular flexibility index (Phi) is 3.71. The van der Waals surface area contributed by atoms with Crippen LogP contribution in [0.25, 0.3) is 0 Å². The van der Waals surface area contributed by atoms with E-state index in [1.54, 1.807) is 6.07 Å². The van der Waals surface area contributed by atoms with Crippen LogP contribution in [0.3, 0.4) is 0 Å². The molecule has 1 aliphatic rings. The number of carbonyl (C=O) groups excluding carboxylic acids is 1. The average molecular weight is 285 g/mol. The fourth-order valence-corrected chi connectivity index (χ4v) is 2.78. The number of anilines is 1. The Morgan fingerprint density at radius 2 is 1.95 bits per heavy atom. The molecule has 2 aromatic carbocycles. The summed E-state index contributed by atoms with van der Waals surface area (Å²) >= 11 is 0. The Labute approximate surface area is 123 Å². The molecule has 4 heteroatoms. The highest BCUT2D eigenvalue weighted by Gasteiger charge is 2.32. The predicted molar refractivity (Wildman–Crippen MR) is 78.6 cm³/mol. The van der Waals surface area contributed by atoms with Crippen LogP contribution in [0.15, 0.2) is 48.5 Å². The molecular formula is C17H16FNO2. The van der Waals surface area contributed by atoms with E-state index in [2.05, 4.69) is 0 Å². The minimum atomic E-state index is -0.711. The molecule has 0 aromatic heterocycles. The molecule has 1 atom stereocenters. The van der Waals surface area contributed by atoms with Crippen LogP contribution in [-0.2, 0) is 16.0 Å². The van der Waals surface area contributed by atoms with Gasteiger partial charge in [0, 0.05) is 13.7 Å². The molecule has 0 fully saturated rings. The van der Waals surface area contributed by atoms with E-state index in [9.17, 15) is 9.18 Å². The van der Waals surface area contributed by atoms with Crippen LogP contribution >= 0.6 is 0 Å². The van der Waals surface area contributed by atoms with Gasteiger partial charge in [-0.25, -0.2) is 4.39 Å². The molecule has 21 heavy (non-hydrogen) atoms. The molecule has 1 amide bonds. The van der Waals surface area contributed by atoms with Gasteiger partial charge in [0.15, 0.2) is 6.10 Å². The maximum absolute atomic E-state index is 14.0. The van der Waals surface area contributed by atoms with E-state index in [-0.39, 0.29) is 11.7 Å². The summed E-state index contributed by atoms with van der Waals surface area (Å²) < 4.78 is 19.4. The van der Waals surface area contributed by atoms with Crippen LogP contribution in [0, 0.1) is 5.82 Å². The third-order valence-corrected chi connectivity index (χ3v) is 3.77. The van der Waals surface area contributed by atoms with Crippen molar-refractivity contribution < 1.29 is 13.9 Å². The van der Waals surface area contributed by atoms with Gasteiger partial charge >= 0.3 is 0 Å². The Hall–Kier alpha value is -2.20. The maximum atomic E-state index is 14.0. The molecule has 0 bridgehead atoms. The van der Waals surface area contributed by atoms with E-state index >= 15 is 0 Å². The maximum Gasteiger partial charge on any atom is 0.260 e. The van der Waals surface area contributed by atoms with Gasteiger partial charge in [-0.2, -0.15) is 0 Å². The van der Waals surface area contributed by atoms with Gasteiger partial charge in [-0.1, -0.05) is 42.5 Å². The first kappa shape index (κ1) is 13.8. The molecule has 0 saturated carbocycles.